The molecule has 0 unspecified atom stereocenters. The highest BCUT2D eigenvalue weighted by atomic mass is 32.3. The van der Waals surface area contributed by atoms with Gasteiger partial charge in [0.05, 0.1) is 19.6 Å². The Balaban J connectivity index is 1.39. The first-order valence-electron chi connectivity index (χ1n) is 15.4. The van der Waals surface area contributed by atoms with Crippen LogP contribution in [0, 0.1) is 11.8 Å². The van der Waals surface area contributed by atoms with Gasteiger partial charge in [0, 0.05) is 12.8 Å². The Morgan fingerprint density at radius 3 is 0.833 bits per heavy atom. The van der Waals surface area contributed by atoms with Crippen LogP contribution in [0.15, 0.2) is 164 Å². The normalized spacial score (nSPS) is 21.8. The lowest BCUT2D eigenvalue weighted by molar-refractivity contribution is 0.421. The highest BCUT2D eigenvalue weighted by Gasteiger charge is 2.67. The smallest absolute Gasteiger partial charge is 0.199 e. The molecule has 3 aliphatic carbocycles. The van der Waals surface area contributed by atoms with Crippen LogP contribution >= 0.6 is 0 Å². The van der Waals surface area contributed by atoms with E-state index in [0.717, 1.165) is 0 Å². The molecule has 7 rings (SSSR count). The van der Waals surface area contributed by atoms with Crippen molar-refractivity contribution in [1.82, 2.24) is 0 Å². The summed E-state index contributed by atoms with van der Waals surface area (Å²) >= 11 is 0. The third-order valence-corrected chi connectivity index (χ3v) is 21.5. The van der Waals surface area contributed by atoms with E-state index in [-0.39, 0.29) is 45.3 Å². The fraction of sp³-hybridized carbons (Fsp3) is 0.222. The summed E-state index contributed by atoms with van der Waals surface area (Å²) in [7, 11) is -18.2. The standard InChI is InChI=1S/C36H32O8S4/c37-45(38,29-13-5-1-6-14-29)35(46(39,40)30-15-7-2-8-16-30)23-27-21-22-28-24-36(26-34(28)33(27)25-35,47(41,42)31-17-9-3-10-18-31)48(43,44)32-19-11-4-12-20-32/h1-22,33-34H,23-26H2/t33-,34-/m0/s1. The van der Waals surface area contributed by atoms with Crippen LogP contribution in [0.1, 0.15) is 25.7 Å². The summed E-state index contributed by atoms with van der Waals surface area (Å²) in [5.41, 5.74) is 1.07. The van der Waals surface area contributed by atoms with Crippen molar-refractivity contribution in [2.75, 3.05) is 0 Å². The summed E-state index contributed by atoms with van der Waals surface area (Å²) < 4.78 is 112. The Hall–Kier alpha value is -3.84. The minimum Gasteiger partial charge on any atom is -0.222 e. The summed E-state index contributed by atoms with van der Waals surface area (Å²) in [6.07, 6.45) is 1.94. The number of allylic oxidation sites excluding steroid dienone is 4. The molecule has 4 aromatic carbocycles. The maximum absolute atomic E-state index is 14.6. The number of sulfone groups is 4. The van der Waals surface area contributed by atoms with Crippen molar-refractivity contribution in [3.63, 3.8) is 0 Å². The van der Waals surface area contributed by atoms with Crippen LogP contribution in [0.2, 0.25) is 0 Å². The van der Waals surface area contributed by atoms with Crippen LogP contribution in [0.3, 0.4) is 0 Å². The van der Waals surface area contributed by atoms with Gasteiger partial charge >= 0.3 is 0 Å². The van der Waals surface area contributed by atoms with Gasteiger partial charge in [-0.15, -0.1) is 0 Å². The van der Waals surface area contributed by atoms with E-state index in [9.17, 15) is 33.7 Å². The second kappa shape index (κ2) is 11.4. The third-order valence-electron chi connectivity index (χ3n) is 10.1. The van der Waals surface area contributed by atoms with Gasteiger partial charge in [-0.05, 0) is 73.2 Å². The van der Waals surface area contributed by atoms with Crippen LogP contribution < -0.4 is 0 Å². The fourth-order valence-electron chi connectivity index (χ4n) is 7.71. The van der Waals surface area contributed by atoms with Crippen LogP contribution in [0.5, 0.6) is 0 Å². The van der Waals surface area contributed by atoms with Crippen molar-refractivity contribution in [3.05, 3.63) is 145 Å². The van der Waals surface area contributed by atoms with E-state index in [2.05, 4.69) is 0 Å². The molecule has 2 saturated carbocycles. The lowest BCUT2D eigenvalue weighted by Gasteiger charge is -2.31. The maximum atomic E-state index is 14.6. The second-order valence-corrected chi connectivity index (χ2v) is 22.1. The zero-order chi connectivity index (χ0) is 34.0. The number of rotatable bonds is 8. The first kappa shape index (κ1) is 32.7. The number of fused-ring (bicyclic) bond motifs is 3. The van der Waals surface area contributed by atoms with Crippen molar-refractivity contribution in [3.8, 4) is 0 Å². The minimum absolute atomic E-state index is 0.143. The summed E-state index contributed by atoms with van der Waals surface area (Å²) in [6, 6.07) is 29.8. The Labute approximate surface area is 281 Å². The van der Waals surface area contributed by atoms with Crippen LogP contribution in [-0.2, 0) is 39.3 Å². The Bertz CT molecular complexity index is 2080. The molecule has 3 aliphatic rings. The summed E-state index contributed by atoms with van der Waals surface area (Å²) in [5.74, 6) is -1.47. The lowest BCUT2D eigenvalue weighted by Crippen LogP contribution is -2.45. The zero-order valence-electron chi connectivity index (χ0n) is 25.6. The average Bonchev–Trinajstić information content (AvgIpc) is 3.72. The largest absolute Gasteiger partial charge is 0.222 e. The highest BCUT2D eigenvalue weighted by Crippen LogP contribution is 2.62. The molecule has 0 N–H and O–H groups in total. The van der Waals surface area contributed by atoms with Crippen LogP contribution in [0.4, 0.5) is 0 Å². The van der Waals surface area contributed by atoms with Gasteiger partial charge in [0.25, 0.3) is 0 Å². The van der Waals surface area contributed by atoms with Crippen molar-refractivity contribution in [1.29, 1.82) is 0 Å². The van der Waals surface area contributed by atoms with Gasteiger partial charge in [0.1, 0.15) is 0 Å². The van der Waals surface area contributed by atoms with Crippen molar-refractivity contribution in [2.45, 2.75) is 53.4 Å². The summed E-state index contributed by atoms with van der Waals surface area (Å²) in [6.45, 7) is 0. The van der Waals surface area contributed by atoms with E-state index < -0.39 is 59.3 Å². The maximum Gasteiger partial charge on any atom is 0.199 e. The fourth-order valence-corrected chi connectivity index (χ4v) is 18.0. The van der Waals surface area contributed by atoms with E-state index in [1.54, 1.807) is 36.4 Å². The lowest BCUT2D eigenvalue weighted by atomic mass is 9.80. The first-order valence-corrected chi connectivity index (χ1v) is 21.3. The van der Waals surface area contributed by atoms with Gasteiger partial charge < -0.3 is 0 Å². The quantitative estimate of drug-likeness (QED) is 0.218. The van der Waals surface area contributed by atoms with Gasteiger partial charge in [0.2, 0.25) is 0 Å². The van der Waals surface area contributed by atoms with E-state index in [1.165, 1.54) is 97.1 Å². The molecular weight excluding hydrogens is 689 g/mol. The SMILES string of the molecule is O=S(=O)(c1ccccc1)C1(S(=O)(=O)c2ccccc2)CC2=CC=C3CC(S(=O)(=O)c4ccccc4)(S(=O)(=O)c4ccccc4)C[C@@H]3[C@H]2C1. The minimum atomic E-state index is -4.55. The molecule has 0 aromatic heterocycles. The molecule has 0 spiro atoms. The van der Waals surface area contributed by atoms with E-state index in [1.807, 2.05) is 0 Å². The summed E-state index contributed by atoms with van der Waals surface area (Å²) in [4.78, 5) is -0.570. The van der Waals surface area contributed by atoms with Gasteiger partial charge in [-0.1, -0.05) is 96.1 Å². The molecule has 0 heterocycles. The molecule has 248 valence electrons. The number of benzene rings is 4. The first-order chi connectivity index (χ1) is 22.8. The Kier molecular flexibility index (Phi) is 7.74. The molecule has 0 aliphatic heterocycles. The van der Waals surface area contributed by atoms with Gasteiger partial charge in [0.15, 0.2) is 47.5 Å². The predicted octanol–water partition coefficient (Wildman–Crippen LogP) is 5.96. The monoisotopic (exact) mass is 720 g/mol. The molecule has 12 heteroatoms. The molecule has 0 radical (unpaired) electrons. The highest BCUT2D eigenvalue weighted by molar-refractivity contribution is 8.11. The molecule has 2 fully saturated rings. The third kappa shape index (κ3) is 4.56. The molecule has 2 atom stereocenters. The van der Waals surface area contributed by atoms with Gasteiger partial charge in [-0.25, -0.2) is 33.7 Å². The van der Waals surface area contributed by atoms with Crippen molar-refractivity contribution < 1.29 is 33.7 Å². The topological polar surface area (TPSA) is 137 Å². The van der Waals surface area contributed by atoms with Crippen LogP contribution in [-0.4, -0.2) is 41.8 Å². The predicted molar refractivity (Wildman–Crippen MR) is 182 cm³/mol. The molecule has 0 bridgehead atoms. The molecule has 0 saturated heterocycles. The Morgan fingerprint density at radius 1 is 0.375 bits per heavy atom. The van der Waals surface area contributed by atoms with Crippen molar-refractivity contribution >= 4 is 39.3 Å². The van der Waals surface area contributed by atoms with Gasteiger partial charge in [-0.3, -0.25) is 0 Å². The molecule has 4 aromatic rings. The molecule has 48 heavy (non-hydrogen) atoms. The number of hydrogen-bond acceptors (Lipinski definition) is 8. The number of hydrogen-bond donors (Lipinski definition) is 0. The van der Waals surface area contributed by atoms with E-state index >= 15 is 0 Å². The molecule has 8 nitrogen and oxygen atoms in total. The molecular formula is C36H32O8S4. The van der Waals surface area contributed by atoms with E-state index in [4.69, 9.17) is 0 Å². The second-order valence-electron chi connectivity index (χ2n) is 12.5. The van der Waals surface area contributed by atoms with Crippen LogP contribution in [0.25, 0.3) is 0 Å². The van der Waals surface area contributed by atoms with Crippen molar-refractivity contribution in [2.24, 2.45) is 11.8 Å². The van der Waals surface area contributed by atoms with E-state index in [0.29, 0.717) is 11.1 Å². The average molecular weight is 721 g/mol. The molecule has 0 amide bonds. The summed E-state index contributed by atoms with van der Waals surface area (Å²) in [5, 5.41) is 0. The zero-order valence-corrected chi connectivity index (χ0v) is 28.8. The van der Waals surface area contributed by atoms with Gasteiger partial charge in [-0.2, -0.15) is 0 Å². The Morgan fingerprint density at radius 2 is 0.604 bits per heavy atom.